The largest absolute Gasteiger partial charge is 0.338 e. The van der Waals surface area contributed by atoms with E-state index in [0.717, 1.165) is 0 Å². The number of anilines is 2. The van der Waals surface area contributed by atoms with Crippen molar-refractivity contribution in [2.24, 2.45) is 0 Å². The minimum absolute atomic E-state index is 0.0272. The fourth-order valence-corrected chi connectivity index (χ4v) is 3.45. The van der Waals surface area contributed by atoms with Crippen LogP contribution >= 0.6 is 23.2 Å². The van der Waals surface area contributed by atoms with Crippen LogP contribution in [0.2, 0.25) is 10.2 Å². The minimum Gasteiger partial charge on any atom is -0.338 e. The zero-order valence-corrected chi connectivity index (χ0v) is 16.9. The maximum atomic E-state index is 14.4. The quantitative estimate of drug-likeness (QED) is 0.420. The van der Waals surface area contributed by atoms with E-state index in [1.165, 1.54) is 24.5 Å². The van der Waals surface area contributed by atoms with Gasteiger partial charge in [0.2, 0.25) is 0 Å². The predicted octanol–water partition coefficient (Wildman–Crippen LogP) is 5.02. The summed E-state index contributed by atoms with van der Waals surface area (Å²) in [6.45, 7) is 3.85. The van der Waals surface area contributed by atoms with E-state index in [-0.39, 0.29) is 22.2 Å². The first-order valence-electron chi connectivity index (χ1n) is 8.69. The lowest BCUT2D eigenvalue weighted by molar-refractivity contribution is 0.631. The Morgan fingerprint density at radius 1 is 1.14 bits per heavy atom. The number of aromatic amines is 2. The molecule has 0 saturated heterocycles. The second-order valence-electron chi connectivity index (χ2n) is 6.70. The Kier molecular flexibility index (Phi) is 4.97. The second kappa shape index (κ2) is 7.46. The number of hydrogen-bond acceptors (Lipinski definition) is 5. The van der Waals surface area contributed by atoms with Crippen LogP contribution in [0.15, 0.2) is 35.4 Å². The van der Waals surface area contributed by atoms with Crippen LogP contribution in [-0.2, 0) is 0 Å². The van der Waals surface area contributed by atoms with Crippen molar-refractivity contribution in [2.45, 2.75) is 19.8 Å². The van der Waals surface area contributed by atoms with E-state index in [2.05, 4.69) is 30.5 Å². The molecule has 0 unspecified atom stereocenters. The van der Waals surface area contributed by atoms with E-state index in [1.54, 1.807) is 6.07 Å². The fourth-order valence-electron chi connectivity index (χ4n) is 3.05. The number of fused-ring (bicyclic) bond motifs is 1. The summed E-state index contributed by atoms with van der Waals surface area (Å²) in [5.74, 6) is -0.175. The van der Waals surface area contributed by atoms with Crippen molar-refractivity contribution in [3.8, 4) is 11.1 Å². The Morgan fingerprint density at radius 3 is 2.69 bits per heavy atom. The topological polar surface area (TPSA) is 99.4 Å². The van der Waals surface area contributed by atoms with Gasteiger partial charge >= 0.3 is 0 Å². The lowest BCUT2D eigenvalue weighted by Crippen LogP contribution is -2.15. The molecule has 0 fully saturated rings. The Bertz CT molecular complexity index is 1280. The highest BCUT2D eigenvalue weighted by molar-refractivity contribution is 6.35. The molecule has 0 aliphatic rings. The normalized spacial score (nSPS) is 11.4. The molecule has 0 atom stereocenters. The van der Waals surface area contributed by atoms with E-state index in [9.17, 15) is 9.18 Å². The van der Waals surface area contributed by atoms with E-state index >= 15 is 0 Å². The summed E-state index contributed by atoms with van der Waals surface area (Å²) in [4.78, 5) is 23.8. The maximum Gasteiger partial charge on any atom is 0.256 e. The smallest absolute Gasteiger partial charge is 0.256 e. The molecule has 0 bridgehead atoms. The Morgan fingerprint density at radius 2 is 1.93 bits per heavy atom. The van der Waals surface area contributed by atoms with Gasteiger partial charge in [-0.3, -0.25) is 9.89 Å². The van der Waals surface area contributed by atoms with Crippen LogP contribution in [-0.4, -0.2) is 25.1 Å². The molecular weight excluding hydrogens is 418 g/mol. The van der Waals surface area contributed by atoms with Crippen LogP contribution in [0.5, 0.6) is 0 Å². The highest BCUT2D eigenvalue weighted by Gasteiger charge is 2.18. The first-order valence-corrected chi connectivity index (χ1v) is 9.45. The molecule has 4 rings (SSSR count). The summed E-state index contributed by atoms with van der Waals surface area (Å²) < 4.78 is 14.4. The third-order valence-corrected chi connectivity index (χ3v) is 4.94. The summed E-state index contributed by atoms with van der Waals surface area (Å²) in [6, 6.07) is 5.63. The van der Waals surface area contributed by atoms with Gasteiger partial charge in [0.1, 0.15) is 23.3 Å². The molecule has 1 aromatic carbocycles. The molecule has 3 N–H and O–H groups in total. The molecular formula is C19H15Cl2FN6O. The highest BCUT2D eigenvalue weighted by atomic mass is 35.5. The molecule has 148 valence electrons. The van der Waals surface area contributed by atoms with Gasteiger partial charge in [-0.15, -0.1) is 0 Å². The molecule has 0 saturated carbocycles. The van der Waals surface area contributed by atoms with Gasteiger partial charge in [-0.2, -0.15) is 5.10 Å². The van der Waals surface area contributed by atoms with Gasteiger partial charge in [-0.1, -0.05) is 37.0 Å². The first-order chi connectivity index (χ1) is 13.8. The van der Waals surface area contributed by atoms with E-state index < -0.39 is 11.4 Å². The van der Waals surface area contributed by atoms with Gasteiger partial charge in [0.25, 0.3) is 5.56 Å². The number of nitrogens with zero attached hydrogens (tertiary/aromatic N) is 3. The van der Waals surface area contributed by atoms with E-state index in [0.29, 0.717) is 33.3 Å². The minimum atomic E-state index is -0.551. The Labute approximate surface area is 174 Å². The standard InChI is InChI=1S/C19H15Cl2FN6O/c1-8(2)15-13(25-17-14-16(21)27-28-18(14)24-7-23-17)6-11(19(29)26-15)10-5-9(20)3-4-12(10)22/h3-8H,1-2H3,(H,26,29)(H2,23,24,25,27,28). The second-order valence-corrected chi connectivity index (χ2v) is 7.50. The van der Waals surface area contributed by atoms with Gasteiger partial charge in [-0.25, -0.2) is 14.4 Å². The lowest BCUT2D eigenvalue weighted by Gasteiger charge is -2.16. The average Bonchev–Trinajstić information content (AvgIpc) is 3.07. The molecule has 0 aliphatic heterocycles. The van der Waals surface area contributed by atoms with Gasteiger partial charge in [0.15, 0.2) is 10.8 Å². The van der Waals surface area contributed by atoms with Crippen LogP contribution in [0.4, 0.5) is 15.9 Å². The summed E-state index contributed by atoms with van der Waals surface area (Å²) in [6.07, 6.45) is 1.36. The predicted molar refractivity (Wildman–Crippen MR) is 112 cm³/mol. The van der Waals surface area contributed by atoms with Crippen LogP contribution in [0.3, 0.4) is 0 Å². The monoisotopic (exact) mass is 432 g/mol. The van der Waals surface area contributed by atoms with Crippen LogP contribution in [0, 0.1) is 5.82 Å². The van der Waals surface area contributed by atoms with Gasteiger partial charge in [0, 0.05) is 16.3 Å². The molecule has 3 heterocycles. The Hall–Kier alpha value is -2.97. The SMILES string of the molecule is CC(C)c1[nH]c(=O)c(-c2cc(Cl)ccc2F)cc1Nc1ncnc2[nH]nc(Cl)c12. The van der Waals surface area contributed by atoms with Gasteiger partial charge in [-0.05, 0) is 30.2 Å². The number of rotatable bonds is 4. The van der Waals surface area contributed by atoms with Crippen molar-refractivity contribution in [1.29, 1.82) is 0 Å². The number of benzene rings is 1. The molecule has 3 aromatic heterocycles. The average molecular weight is 433 g/mol. The van der Waals surface area contributed by atoms with Crippen LogP contribution < -0.4 is 10.9 Å². The molecule has 0 aliphatic carbocycles. The Balaban J connectivity index is 1.91. The summed E-state index contributed by atoms with van der Waals surface area (Å²) in [7, 11) is 0. The number of nitrogens with one attached hydrogen (secondary N) is 3. The van der Waals surface area contributed by atoms with Crippen molar-refractivity contribution in [1.82, 2.24) is 25.1 Å². The molecule has 0 spiro atoms. The molecule has 7 nitrogen and oxygen atoms in total. The summed E-state index contributed by atoms with van der Waals surface area (Å²) in [5, 5.41) is 10.9. The number of aromatic nitrogens is 5. The van der Waals surface area contributed by atoms with Crippen molar-refractivity contribution < 1.29 is 4.39 Å². The maximum absolute atomic E-state index is 14.4. The number of pyridine rings is 1. The van der Waals surface area contributed by atoms with Crippen molar-refractivity contribution in [3.63, 3.8) is 0 Å². The van der Waals surface area contributed by atoms with Crippen molar-refractivity contribution in [2.75, 3.05) is 5.32 Å². The van der Waals surface area contributed by atoms with Crippen molar-refractivity contribution in [3.05, 3.63) is 62.6 Å². The third-order valence-electron chi connectivity index (χ3n) is 4.43. The fraction of sp³-hybridized carbons (Fsp3) is 0.158. The zero-order chi connectivity index (χ0) is 20.7. The highest BCUT2D eigenvalue weighted by Crippen LogP contribution is 2.33. The number of hydrogen-bond donors (Lipinski definition) is 3. The van der Waals surface area contributed by atoms with E-state index in [1.807, 2.05) is 13.8 Å². The summed E-state index contributed by atoms with van der Waals surface area (Å²) in [5.41, 5.74) is 1.46. The van der Waals surface area contributed by atoms with Crippen molar-refractivity contribution >= 4 is 45.7 Å². The third kappa shape index (κ3) is 3.56. The molecule has 0 radical (unpaired) electrons. The number of H-pyrrole nitrogens is 2. The molecule has 4 aromatic rings. The van der Waals surface area contributed by atoms with E-state index in [4.69, 9.17) is 23.2 Å². The number of halogens is 3. The molecule has 29 heavy (non-hydrogen) atoms. The van der Waals surface area contributed by atoms with Crippen LogP contribution in [0.1, 0.15) is 25.5 Å². The zero-order valence-electron chi connectivity index (χ0n) is 15.3. The van der Waals surface area contributed by atoms with Crippen LogP contribution in [0.25, 0.3) is 22.2 Å². The van der Waals surface area contributed by atoms with Gasteiger partial charge < -0.3 is 10.3 Å². The van der Waals surface area contributed by atoms with Gasteiger partial charge in [0.05, 0.1) is 11.3 Å². The first kappa shape index (κ1) is 19.4. The summed E-state index contributed by atoms with van der Waals surface area (Å²) >= 11 is 12.2. The molecule has 0 amide bonds. The molecule has 10 heteroatoms. The lowest BCUT2D eigenvalue weighted by atomic mass is 10.0.